The number of rotatable bonds is 3. The Bertz CT molecular complexity index is 1140. The van der Waals surface area contributed by atoms with Crippen molar-refractivity contribution in [1.82, 2.24) is 14.8 Å². The van der Waals surface area contributed by atoms with Gasteiger partial charge < -0.3 is 10.2 Å². The van der Waals surface area contributed by atoms with Crippen LogP contribution in [0.15, 0.2) is 53.5 Å². The summed E-state index contributed by atoms with van der Waals surface area (Å²) in [6, 6.07) is 15.5. The molecule has 0 saturated carbocycles. The maximum atomic E-state index is 13.6. The number of amidine groups is 1. The quantitative estimate of drug-likeness (QED) is 0.485. The molecule has 0 spiro atoms. The fourth-order valence-corrected chi connectivity index (χ4v) is 5.15. The first kappa shape index (κ1) is 25.4. The normalized spacial score (nSPS) is 17.5. The van der Waals surface area contributed by atoms with E-state index in [1.165, 1.54) is 6.07 Å². The van der Waals surface area contributed by atoms with Crippen LogP contribution in [-0.2, 0) is 6.42 Å². The summed E-state index contributed by atoms with van der Waals surface area (Å²) >= 11 is 1.67. The maximum Gasteiger partial charge on any atom is 0.158 e. The van der Waals surface area contributed by atoms with Crippen LogP contribution < -0.4 is 5.32 Å². The fourth-order valence-electron chi connectivity index (χ4n) is 4.33. The maximum absolute atomic E-state index is 13.6. The van der Waals surface area contributed by atoms with E-state index in [2.05, 4.69) is 28.2 Å². The van der Waals surface area contributed by atoms with E-state index in [4.69, 9.17) is 9.98 Å². The molecule has 1 aromatic heterocycles. The number of hydrogen-bond donors (Lipinski definition) is 1. The second kappa shape index (κ2) is 10.8. The van der Waals surface area contributed by atoms with Gasteiger partial charge in [-0.1, -0.05) is 24.3 Å². The molecular formula is C24H28Cl2FN5S. The van der Waals surface area contributed by atoms with Gasteiger partial charge in [-0.05, 0) is 56.6 Å². The van der Waals surface area contributed by atoms with Gasteiger partial charge >= 0.3 is 0 Å². The van der Waals surface area contributed by atoms with Gasteiger partial charge in [0.15, 0.2) is 5.84 Å². The minimum absolute atomic E-state index is 0. The van der Waals surface area contributed by atoms with Crippen molar-refractivity contribution >= 4 is 58.4 Å². The number of likely N-dealkylation sites (N-methyl/N-ethyl adjacent to an activating group) is 1. The van der Waals surface area contributed by atoms with Gasteiger partial charge in [-0.25, -0.2) is 14.4 Å². The van der Waals surface area contributed by atoms with Crippen LogP contribution in [0.1, 0.15) is 22.7 Å². The number of hydrogen-bond acceptors (Lipinski definition) is 6. The summed E-state index contributed by atoms with van der Waals surface area (Å²) in [5.41, 5.74) is 3.94. The van der Waals surface area contributed by atoms with Crippen LogP contribution in [0, 0.1) is 12.7 Å². The van der Waals surface area contributed by atoms with Crippen LogP contribution in [0.5, 0.6) is 0 Å². The van der Waals surface area contributed by atoms with Gasteiger partial charge in [-0.3, -0.25) is 4.90 Å². The van der Waals surface area contributed by atoms with Crippen LogP contribution in [0.4, 0.5) is 20.8 Å². The third-order valence-electron chi connectivity index (χ3n) is 6.06. The number of nitrogens with zero attached hydrogens (tertiary/aromatic N) is 4. The zero-order chi connectivity index (χ0) is 21.4. The Labute approximate surface area is 210 Å². The number of aryl methyl sites for hydroxylation is 2. The second-order valence-electron chi connectivity index (χ2n) is 8.24. The molecule has 1 N–H and O–H groups in total. The zero-order valence-electron chi connectivity index (χ0n) is 18.6. The fraction of sp³-hybridized carbons (Fsp3) is 0.333. The van der Waals surface area contributed by atoms with E-state index in [-0.39, 0.29) is 30.6 Å². The van der Waals surface area contributed by atoms with Gasteiger partial charge in [-0.15, -0.1) is 36.2 Å². The predicted molar refractivity (Wildman–Crippen MR) is 140 cm³/mol. The molecule has 9 heteroatoms. The molecule has 0 aliphatic carbocycles. The number of aliphatic imine (C=N–C) groups is 1. The number of fused-ring (bicyclic) bond motifs is 2. The smallest absolute Gasteiger partial charge is 0.158 e. The van der Waals surface area contributed by atoms with Gasteiger partial charge in [0.25, 0.3) is 0 Å². The SMILES string of the molecule is Cc1nc2c(s1)Nc1ccccc1N=C2N1CCN(C)C(CCc2cccc(F)c2)C1.Cl.Cl. The molecule has 0 radical (unpaired) electrons. The number of para-hydroxylation sites is 2. The molecule has 33 heavy (non-hydrogen) atoms. The van der Waals surface area contributed by atoms with Crippen molar-refractivity contribution in [3.8, 4) is 0 Å². The van der Waals surface area contributed by atoms with Crippen molar-refractivity contribution < 1.29 is 4.39 Å². The van der Waals surface area contributed by atoms with Crippen LogP contribution >= 0.6 is 36.2 Å². The molecule has 0 bridgehead atoms. The topological polar surface area (TPSA) is 43.8 Å². The van der Waals surface area contributed by atoms with E-state index >= 15 is 0 Å². The van der Waals surface area contributed by atoms with Crippen molar-refractivity contribution in [2.75, 3.05) is 32.0 Å². The highest BCUT2D eigenvalue weighted by Crippen LogP contribution is 2.37. The van der Waals surface area contributed by atoms with Crippen LogP contribution in [0.25, 0.3) is 0 Å². The van der Waals surface area contributed by atoms with E-state index in [9.17, 15) is 4.39 Å². The Hall–Kier alpha value is -2.19. The van der Waals surface area contributed by atoms with Gasteiger partial charge in [0.1, 0.15) is 16.5 Å². The van der Waals surface area contributed by atoms with Crippen LogP contribution in [0.3, 0.4) is 0 Å². The van der Waals surface area contributed by atoms with Crippen molar-refractivity contribution in [3.05, 3.63) is 70.6 Å². The average molecular weight is 508 g/mol. The minimum Gasteiger partial charge on any atom is -0.352 e. The average Bonchev–Trinajstić information content (AvgIpc) is 3.05. The van der Waals surface area contributed by atoms with Crippen LogP contribution in [-0.4, -0.2) is 53.3 Å². The first-order valence-corrected chi connectivity index (χ1v) is 11.5. The standard InChI is InChI=1S/C24H26FN5S.2ClH/c1-16-26-22-23(27-20-8-3-4-9-21(20)28-24(22)31-16)30-13-12-29(2)19(15-30)11-10-17-6-5-7-18(25)14-17;;/h3-9,14,19,28H,10-13,15H2,1-2H3;2*1H. The number of thiazole rings is 1. The Kier molecular flexibility index (Phi) is 8.34. The molecule has 5 rings (SSSR count). The molecule has 1 saturated heterocycles. The molecular weight excluding hydrogens is 480 g/mol. The Morgan fingerprint density at radius 1 is 1.12 bits per heavy atom. The lowest BCUT2D eigenvalue weighted by Crippen LogP contribution is -2.53. The number of aromatic nitrogens is 1. The second-order valence-corrected chi connectivity index (χ2v) is 9.44. The number of nitrogens with one attached hydrogen (secondary N) is 1. The van der Waals surface area contributed by atoms with E-state index < -0.39 is 0 Å². The van der Waals surface area contributed by atoms with Crippen molar-refractivity contribution in [1.29, 1.82) is 0 Å². The van der Waals surface area contributed by atoms with E-state index in [0.717, 1.165) is 71.0 Å². The number of anilines is 2. The molecule has 3 aromatic rings. The van der Waals surface area contributed by atoms with Gasteiger partial charge in [0.2, 0.25) is 0 Å². The third-order valence-corrected chi connectivity index (χ3v) is 6.94. The summed E-state index contributed by atoms with van der Waals surface area (Å²) < 4.78 is 13.6. The summed E-state index contributed by atoms with van der Waals surface area (Å²) in [5, 5.41) is 5.61. The first-order valence-electron chi connectivity index (χ1n) is 10.7. The number of halogens is 3. The van der Waals surface area contributed by atoms with E-state index in [1.807, 2.05) is 31.2 Å². The van der Waals surface area contributed by atoms with Gasteiger partial charge in [0.05, 0.1) is 16.4 Å². The van der Waals surface area contributed by atoms with Gasteiger partial charge in [-0.2, -0.15) is 0 Å². The lowest BCUT2D eigenvalue weighted by molar-refractivity contribution is 0.134. The van der Waals surface area contributed by atoms with Crippen molar-refractivity contribution in [2.24, 2.45) is 4.99 Å². The highest BCUT2D eigenvalue weighted by molar-refractivity contribution is 7.16. The van der Waals surface area contributed by atoms with E-state index in [1.54, 1.807) is 23.5 Å². The summed E-state index contributed by atoms with van der Waals surface area (Å²) in [7, 11) is 2.18. The number of piperazine rings is 1. The molecule has 2 aliphatic heterocycles. The lowest BCUT2D eigenvalue weighted by Gasteiger charge is -2.40. The Morgan fingerprint density at radius 2 is 1.94 bits per heavy atom. The highest BCUT2D eigenvalue weighted by atomic mass is 35.5. The molecule has 1 atom stereocenters. The molecule has 1 fully saturated rings. The van der Waals surface area contributed by atoms with Crippen LogP contribution in [0.2, 0.25) is 0 Å². The summed E-state index contributed by atoms with van der Waals surface area (Å²) in [5.74, 6) is 0.780. The minimum atomic E-state index is -0.165. The summed E-state index contributed by atoms with van der Waals surface area (Å²) in [4.78, 5) is 14.7. The third kappa shape index (κ3) is 5.49. The first-order chi connectivity index (χ1) is 15.1. The molecule has 2 aliphatic rings. The molecule has 1 unspecified atom stereocenters. The Balaban J connectivity index is 0.00000153. The zero-order valence-corrected chi connectivity index (χ0v) is 21.1. The molecule has 2 aromatic carbocycles. The molecule has 3 heterocycles. The summed E-state index contributed by atoms with van der Waals surface area (Å²) in [6.07, 6.45) is 1.83. The van der Waals surface area contributed by atoms with Crippen molar-refractivity contribution in [3.63, 3.8) is 0 Å². The lowest BCUT2D eigenvalue weighted by atomic mass is 10.0. The van der Waals surface area contributed by atoms with Gasteiger partial charge in [0, 0.05) is 25.7 Å². The van der Waals surface area contributed by atoms with E-state index in [0.29, 0.717) is 6.04 Å². The van der Waals surface area contributed by atoms with Crippen molar-refractivity contribution in [2.45, 2.75) is 25.8 Å². The molecule has 5 nitrogen and oxygen atoms in total. The summed E-state index contributed by atoms with van der Waals surface area (Å²) in [6.45, 7) is 4.78. The highest BCUT2D eigenvalue weighted by Gasteiger charge is 2.30. The number of benzene rings is 2. The largest absolute Gasteiger partial charge is 0.352 e. The monoisotopic (exact) mass is 507 g/mol. The molecule has 0 amide bonds. The predicted octanol–water partition coefficient (Wildman–Crippen LogP) is 5.82. The Morgan fingerprint density at radius 3 is 2.76 bits per heavy atom. The molecule has 176 valence electrons.